The van der Waals surface area contributed by atoms with Crippen molar-refractivity contribution in [3.05, 3.63) is 24.3 Å². The number of nitrogens with one attached hydrogen (secondary N) is 1. The van der Waals surface area contributed by atoms with Gasteiger partial charge in [0.05, 0.1) is 25.4 Å². The summed E-state index contributed by atoms with van der Waals surface area (Å²) in [6, 6.07) is -0.801. The topological polar surface area (TPSA) is 149 Å². The van der Waals surface area contributed by atoms with Crippen molar-refractivity contribution in [1.29, 1.82) is 0 Å². The van der Waals surface area contributed by atoms with E-state index in [0.717, 1.165) is 38.5 Å². The van der Waals surface area contributed by atoms with Gasteiger partial charge in [-0.2, -0.15) is 0 Å². The molecule has 7 unspecified atom stereocenters. The van der Waals surface area contributed by atoms with Crippen molar-refractivity contribution >= 4 is 5.91 Å². The molecule has 1 rings (SSSR count). The van der Waals surface area contributed by atoms with Gasteiger partial charge in [-0.25, -0.2) is 0 Å². The van der Waals surface area contributed by atoms with Crippen molar-refractivity contribution in [2.45, 2.75) is 326 Å². The Balaban J connectivity index is 2.12. The van der Waals surface area contributed by atoms with Gasteiger partial charge >= 0.3 is 0 Å². The molecule has 9 nitrogen and oxygen atoms in total. The Bertz CT molecular complexity index is 1100. The lowest BCUT2D eigenvalue weighted by molar-refractivity contribution is -0.302. The Morgan fingerprint density at radius 2 is 0.836 bits per heavy atom. The summed E-state index contributed by atoms with van der Waals surface area (Å²) < 4.78 is 11.2. The van der Waals surface area contributed by atoms with Crippen LogP contribution in [0, 0.1) is 0 Å². The molecule has 0 aromatic rings. The van der Waals surface area contributed by atoms with Crippen molar-refractivity contribution in [1.82, 2.24) is 5.32 Å². The summed E-state index contributed by atoms with van der Waals surface area (Å²) in [6.45, 7) is 3.79. The number of allylic oxidation sites excluding steroid dienone is 3. The van der Waals surface area contributed by atoms with E-state index >= 15 is 0 Å². The summed E-state index contributed by atoms with van der Waals surface area (Å²) in [7, 11) is 0. The molecular weight excluding hydrogens is 839 g/mol. The van der Waals surface area contributed by atoms with Gasteiger partial charge in [-0.3, -0.25) is 4.79 Å². The molecule has 396 valence electrons. The molecule has 7 atom stereocenters. The molecule has 0 aromatic heterocycles. The third-order valence-electron chi connectivity index (χ3n) is 14.0. The van der Waals surface area contributed by atoms with E-state index in [0.29, 0.717) is 6.42 Å². The smallest absolute Gasteiger partial charge is 0.220 e. The number of hydrogen-bond acceptors (Lipinski definition) is 8. The van der Waals surface area contributed by atoms with E-state index in [1.165, 1.54) is 225 Å². The van der Waals surface area contributed by atoms with Gasteiger partial charge in [-0.1, -0.05) is 256 Å². The Morgan fingerprint density at radius 3 is 1.21 bits per heavy atom. The number of rotatable bonds is 50. The number of amides is 1. The highest BCUT2D eigenvalue weighted by molar-refractivity contribution is 5.76. The van der Waals surface area contributed by atoms with E-state index in [2.05, 4.69) is 31.3 Å². The van der Waals surface area contributed by atoms with Crippen molar-refractivity contribution in [3.8, 4) is 0 Å². The molecule has 1 aliphatic heterocycles. The molecular formula is C58H111NO8. The van der Waals surface area contributed by atoms with Gasteiger partial charge in [0, 0.05) is 6.42 Å². The first-order valence-corrected chi connectivity index (χ1v) is 29.1. The van der Waals surface area contributed by atoms with Gasteiger partial charge in [0.15, 0.2) is 6.29 Å². The first-order valence-electron chi connectivity index (χ1n) is 29.1. The lowest BCUT2D eigenvalue weighted by atomic mass is 9.99. The van der Waals surface area contributed by atoms with Crippen LogP contribution in [0.3, 0.4) is 0 Å². The second-order valence-electron chi connectivity index (χ2n) is 20.4. The quantitative estimate of drug-likeness (QED) is 0.0261. The fourth-order valence-electron chi connectivity index (χ4n) is 9.39. The largest absolute Gasteiger partial charge is 0.394 e. The van der Waals surface area contributed by atoms with E-state index < -0.39 is 49.5 Å². The zero-order valence-electron chi connectivity index (χ0n) is 43.9. The van der Waals surface area contributed by atoms with Crippen LogP contribution in [0.5, 0.6) is 0 Å². The van der Waals surface area contributed by atoms with Crippen LogP contribution < -0.4 is 5.32 Å². The maximum atomic E-state index is 13.0. The summed E-state index contributed by atoms with van der Waals surface area (Å²) in [5.41, 5.74) is 0. The lowest BCUT2D eigenvalue weighted by Gasteiger charge is -2.40. The van der Waals surface area contributed by atoms with E-state index in [9.17, 15) is 30.3 Å². The molecule has 1 amide bonds. The summed E-state index contributed by atoms with van der Waals surface area (Å²) in [5, 5.41) is 54.4. The van der Waals surface area contributed by atoms with E-state index in [-0.39, 0.29) is 12.5 Å². The third-order valence-corrected chi connectivity index (χ3v) is 14.0. The molecule has 6 N–H and O–H groups in total. The van der Waals surface area contributed by atoms with Gasteiger partial charge in [-0.15, -0.1) is 0 Å². The van der Waals surface area contributed by atoms with Crippen LogP contribution in [-0.4, -0.2) is 87.5 Å². The lowest BCUT2D eigenvalue weighted by Crippen LogP contribution is -2.60. The minimum atomic E-state index is -1.56. The van der Waals surface area contributed by atoms with Crippen LogP contribution in [0.15, 0.2) is 24.3 Å². The maximum Gasteiger partial charge on any atom is 0.220 e. The first-order chi connectivity index (χ1) is 32.8. The number of aliphatic hydroxyl groups is 5. The van der Waals surface area contributed by atoms with Gasteiger partial charge in [0.25, 0.3) is 0 Å². The van der Waals surface area contributed by atoms with Crippen molar-refractivity contribution < 1.29 is 39.8 Å². The molecule has 0 saturated carbocycles. The number of hydrogen-bond donors (Lipinski definition) is 6. The van der Waals surface area contributed by atoms with Crippen molar-refractivity contribution in [2.24, 2.45) is 0 Å². The molecule has 0 spiro atoms. The van der Waals surface area contributed by atoms with Gasteiger partial charge < -0.3 is 40.3 Å². The molecule has 0 bridgehead atoms. The predicted octanol–water partition coefficient (Wildman–Crippen LogP) is 14.2. The molecule has 9 heteroatoms. The standard InChI is InChI=1S/C58H111NO8/c1-3-5-7-9-11-13-15-17-18-19-20-21-22-23-24-25-26-27-28-29-30-31-32-33-34-36-38-40-42-44-46-48-54(62)59-51(50-66-58-57(65)56(64)55(63)53(49-60)67-58)52(61)47-45-43-41-39-37-35-16-14-12-10-8-6-4-2/h19-20,45,47,51-53,55-58,60-61,63-65H,3-18,21-44,46,48-50H2,1-2H3,(H,59,62)/b20-19-,47-45+. The number of ether oxygens (including phenoxy) is 2. The highest BCUT2D eigenvalue weighted by Crippen LogP contribution is 2.23. The minimum Gasteiger partial charge on any atom is -0.394 e. The fourth-order valence-corrected chi connectivity index (χ4v) is 9.39. The van der Waals surface area contributed by atoms with Crippen molar-refractivity contribution in [2.75, 3.05) is 13.2 Å². The molecule has 1 fully saturated rings. The average Bonchev–Trinajstić information content (AvgIpc) is 3.33. The Morgan fingerprint density at radius 1 is 0.493 bits per heavy atom. The minimum absolute atomic E-state index is 0.173. The molecule has 0 aromatic carbocycles. The number of carbonyl (C=O) groups is 1. The molecule has 1 heterocycles. The summed E-state index contributed by atoms with van der Waals surface area (Å²) >= 11 is 0. The second-order valence-corrected chi connectivity index (χ2v) is 20.4. The van der Waals surface area contributed by atoms with E-state index in [1.54, 1.807) is 6.08 Å². The fraction of sp³-hybridized carbons (Fsp3) is 0.914. The number of unbranched alkanes of at least 4 members (excludes halogenated alkanes) is 38. The van der Waals surface area contributed by atoms with Crippen LogP contribution >= 0.6 is 0 Å². The Kier molecular flexibility index (Phi) is 45.9. The third kappa shape index (κ3) is 38.1. The van der Waals surface area contributed by atoms with Gasteiger partial charge in [-0.05, 0) is 44.9 Å². The van der Waals surface area contributed by atoms with Gasteiger partial charge in [0.1, 0.15) is 24.4 Å². The summed E-state index contributed by atoms with van der Waals surface area (Å²) in [6.07, 6.45) is 54.0. The normalized spacial score (nSPS) is 19.8. The predicted molar refractivity (Wildman–Crippen MR) is 281 cm³/mol. The summed E-state index contributed by atoms with van der Waals surface area (Å²) in [5.74, 6) is -0.173. The average molecular weight is 951 g/mol. The molecule has 67 heavy (non-hydrogen) atoms. The molecule has 0 aliphatic carbocycles. The molecule has 0 radical (unpaired) electrons. The maximum absolute atomic E-state index is 13.0. The van der Waals surface area contributed by atoms with Gasteiger partial charge in [0.2, 0.25) is 5.91 Å². The Labute approximate surface area is 413 Å². The van der Waals surface area contributed by atoms with Crippen molar-refractivity contribution in [3.63, 3.8) is 0 Å². The zero-order chi connectivity index (χ0) is 48.7. The highest BCUT2D eigenvalue weighted by Gasteiger charge is 2.44. The Hall–Kier alpha value is -1.33. The van der Waals surface area contributed by atoms with Crippen LogP contribution in [0.25, 0.3) is 0 Å². The van der Waals surface area contributed by atoms with Crippen LogP contribution in [0.2, 0.25) is 0 Å². The second kappa shape index (κ2) is 48.3. The number of carbonyl (C=O) groups excluding carboxylic acids is 1. The number of aliphatic hydroxyl groups excluding tert-OH is 5. The first kappa shape index (κ1) is 63.7. The molecule has 1 saturated heterocycles. The van der Waals surface area contributed by atoms with Crippen LogP contribution in [0.4, 0.5) is 0 Å². The van der Waals surface area contributed by atoms with E-state index in [1.807, 2.05) is 6.08 Å². The van der Waals surface area contributed by atoms with Crippen LogP contribution in [0.1, 0.15) is 284 Å². The van der Waals surface area contributed by atoms with E-state index in [4.69, 9.17) is 9.47 Å². The molecule has 1 aliphatic rings. The zero-order valence-corrected chi connectivity index (χ0v) is 43.9. The SMILES string of the molecule is CCCCCCCCCC/C=C\CCCCCCCCCCCCCCCCCCCCCC(=O)NC(COC1OC(CO)C(O)C(O)C1O)C(O)/C=C/CCCCCCCCCCCCC. The van der Waals surface area contributed by atoms with Crippen LogP contribution in [-0.2, 0) is 14.3 Å². The monoisotopic (exact) mass is 950 g/mol. The highest BCUT2D eigenvalue weighted by atomic mass is 16.7. The summed E-state index contributed by atoms with van der Waals surface area (Å²) in [4.78, 5) is 13.0.